The molecule has 0 aromatic heterocycles. The van der Waals surface area contributed by atoms with E-state index in [1.165, 1.54) is 19.3 Å². The number of piperidine rings is 1. The van der Waals surface area contributed by atoms with Crippen molar-refractivity contribution in [2.24, 2.45) is 0 Å². The first-order chi connectivity index (χ1) is 12.7. The van der Waals surface area contributed by atoms with Gasteiger partial charge < -0.3 is 20.9 Å². The van der Waals surface area contributed by atoms with E-state index in [0.717, 1.165) is 44.3 Å². The van der Waals surface area contributed by atoms with Crippen LogP contribution >= 0.6 is 0 Å². The molecule has 1 aromatic rings. The normalized spacial score (nSPS) is 21.1. The molecule has 26 heavy (non-hydrogen) atoms. The second kappa shape index (κ2) is 9.46. The van der Waals surface area contributed by atoms with Crippen LogP contribution < -0.4 is 16.0 Å². The van der Waals surface area contributed by atoms with Gasteiger partial charge in [-0.15, -0.1) is 0 Å². The lowest BCUT2D eigenvalue weighted by Crippen LogP contribution is -2.54. The molecule has 2 aliphatic rings. The third-order valence-corrected chi connectivity index (χ3v) is 5.35. The Kier molecular flexibility index (Phi) is 6.75. The maximum Gasteiger partial charge on any atom is 0.319 e. The Morgan fingerprint density at radius 2 is 1.69 bits per heavy atom. The lowest BCUT2D eigenvalue weighted by molar-refractivity contribution is 0.145. The van der Waals surface area contributed by atoms with Gasteiger partial charge in [-0.1, -0.05) is 37.5 Å². The van der Waals surface area contributed by atoms with Crippen LogP contribution in [0.15, 0.2) is 30.3 Å². The predicted octanol–water partition coefficient (Wildman–Crippen LogP) is 3.70. The molecule has 0 spiro atoms. The van der Waals surface area contributed by atoms with Crippen LogP contribution in [0.1, 0.15) is 51.4 Å². The molecular weight excluding hydrogens is 328 g/mol. The van der Waals surface area contributed by atoms with Crippen molar-refractivity contribution in [3.8, 4) is 0 Å². The van der Waals surface area contributed by atoms with E-state index in [4.69, 9.17) is 0 Å². The number of anilines is 1. The summed E-state index contributed by atoms with van der Waals surface area (Å²) in [6, 6.07) is 9.56. The summed E-state index contributed by atoms with van der Waals surface area (Å²) in [5.74, 6) is 0. The fourth-order valence-electron chi connectivity index (χ4n) is 3.89. The van der Waals surface area contributed by atoms with E-state index in [9.17, 15) is 9.59 Å². The van der Waals surface area contributed by atoms with Gasteiger partial charge in [0, 0.05) is 24.8 Å². The first-order valence-electron chi connectivity index (χ1n) is 9.89. The van der Waals surface area contributed by atoms with Crippen molar-refractivity contribution < 1.29 is 9.59 Å². The van der Waals surface area contributed by atoms with Crippen LogP contribution in [0.2, 0.25) is 0 Å². The largest absolute Gasteiger partial charge is 0.336 e. The minimum atomic E-state index is -0.227. The van der Waals surface area contributed by atoms with Crippen molar-refractivity contribution in [2.75, 3.05) is 18.4 Å². The molecule has 142 valence electrons. The second-order valence-electron chi connectivity index (χ2n) is 7.33. The molecule has 0 bridgehead atoms. The van der Waals surface area contributed by atoms with Crippen LogP contribution in [0, 0.1) is 0 Å². The van der Waals surface area contributed by atoms with Gasteiger partial charge in [-0.3, -0.25) is 0 Å². The zero-order valence-corrected chi connectivity index (χ0v) is 15.4. The van der Waals surface area contributed by atoms with Gasteiger partial charge in [0.2, 0.25) is 0 Å². The number of nitrogens with one attached hydrogen (secondary N) is 3. The van der Waals surface area contributed by atoms with Gasteiger partial charge >= 0.3 is 12.1 Å². The van der Waals surface area contributed by atoms with Crippen molar-refractivity contribution in [2.45, 2.75) is 63.5 Å². The average Bonchev–Trinajstić information content (AvgIpc) is 2.68. The Hall–Kier alpha value is -2.24. The summed E-state index contributed by atoms with van der Waals surface area (Å²) in [5, 5.41) is 8.94. The molecule has 1 aliphatic carbocycles. The maximum absolute atomic E-state index is 12.7. The molecule has 3 rings (SSSR count). The predicted molar refractivity (Wildman–Crippen MR) is 103 cm³/mol. The molecule has 1 saturated heterocycles. The highest BCUT2D eigenvalue weighted by Crippen LogP contribution is 2.20. The topological polar surface area (TPSA) is 73.5 Å². The van der Waals surface area contributed by atoms with Gasteiger partial charge in [0.1, 0.15) is 0 Å². The molecule has 1 heterocycles. The molecule has 6 heteroatoms. The summed E-state index contributed by atoms with van der Waals surface area (Å²) in [6.07, 6.45) is 8.92. The number of carbonyl (C=O) groups is 2. The fraction of sp³-hybridized carbons (Fsp3) is 0.600. The molecule has 1 unspecified atom stereocenters. The van der Waals surface area contributed by atoms with E-state index < -0.39 is 0 Å². The van der Waals surface area contributed by atoms with Crippen LogP contribution in [0.3, 0.4) is 0 Å². The smallest absolute Gasteiger partial charge is 0.319 e. The molecule has 1 aromatic carbocycles. The number of urea groups is 2. The third kappa shape index (κ3) is 5.38. The lowest BCUT2D eigenvalue weighted by Gasteiger charge is -2.37. The van der Waals surface area contributed by atoms with Gasteiger partial charge in [-0.05, 0) is 44.2 Å². The van der Waals surface area contributed by atoms with Gasteiger partial charge in [-0.2, -0.15) is 0 Å². The Morgan fingerprint density at radius 3 is 2.46 bits per heavy atom. The molecule has 2 fully saturated rings. The number of rotatable bonds is 4. The van der Waals surface area contributed by atoms with E-state index in [1.54, 1.807) is 0 Å². The molecule has 6 nitrogen and oxygen atoms in total. The van der Waals surface area contributed by atoms with Gasteiger partial charge in [0.05, 0.1) is 6.04 Å². The molecule has 1 aliphatic heterocycles. The standard InChI is InChI=1S/C20H30N4O2/c25-19(22-16-9-3-1-4-10-16)21-15-18-13-7-8-14-24(18)20(26)23-17-11-5-2-6-12-17/h1,3-4,9-10,17-18H,2,5-8,11-15H2,(H,23,26)(H2,21,22,25). The summed E-state index contributed by atoms with van der Waals surface area (Å²) >= 11 is 0. The Balaban J connectivity index is 1.48. The maximum atomic E-state index is 12.7. The van der Waals surface area contributed by atoms with Crippen molar-refractivity contribution >= 4 is 17.7 Å². The van der Waals surface area contributed by atoms with E-state index in [-0.39, 0.29) is 18.1 Å². The van der Waals surface area contributed by atoms with E-state index in [2.05, 4.69) is 16.0 Å². The number of benzene rings is 1. The highest BCUT2D eigenvalue weighted by atomic mass is 16.2. The zero-order valence-electron chi connectivity index (χ0n) is 15.4. The van der Waals surface area contributed by atoms with Crippen LogP contribution in [-0.2, 0) is 0 Å². The zero-order chi connectivity index (χ0) is 18.2. The highest BCUT2D eigenvalue weighted by molar-refractivity contribution is 5.89. The third-order valence-electron chi connectivity index (χ3n) is 5.35. The monoisotopic (exact) mass is 358 g/mol. The molecule has 3 N–H and O–H groups in total. The van der Waals surface area contributed by atoms with Gasteiger partial charge in [-0.25, -0.2) is 9.59 Å². The molecule has 1 saturated carbocycles. The summed E-state index contributed by atoms with van der Waals surface area (Å²) in [5.41, 5.74) is 0.764. The summed E-state index contributed by atoms with van der Waals surface area (Å²) in [4.78, 5) is 26.7. The number of amides is 4. The number of nitrogens with zero attached hydrogens (tertiary/aromatic N) is 1. The van der Waals surface area contributed by atoms with Crippen LogP contribution in [0.25, 0.3) is 0 Å². The number of carbonyl (C=O) groups excluding carboxylic acids is 2. The number of para-hydroxylation sites is 1. The minimum Gasteiger partial charge on any atom is -0.336 e. The van der Waals surface area contributed by atoms with Crippen LogP contribution in [-0.4, -0.2) is 42.1 Å². The minimum absolute atomic E-state index is 0.0341. The number of likely N-dealkylation sites (tertiary alicyclic amines) is 1. The van der Waals surface area contributed by atoms with Crippen LogP contribution in [0.4, 0.5) is 15.3 Å². The van der Waals surface area contributed by atoms with Crippen molar-refractivity contribution in [3.05, 3.63) is 30.3 Å². The van der Waals surface area contributed by atoms with E-state index in [1.807, 2.05) is 35.2 Å². The first kappa shape index (κ1) is 18.5. The van der Waals surface area contributed by atoms with Gasteiger partial charge in [0.25, 0.3) is 0 Å². The number of hydrogen-bond donors (Lipinski definition) is 3. The molecular formula is C20H30N4O2. The van der Waals surface area contributed by atoms with E-state index in [0.29, 0.717) is 12.6 Å². The van der Waals surface area contributed by atoms with Crippen molar-refractivity contribution in [3.63, 3.8) is 0 Å². The summed E-state index contributed by atoms with van der Waals surface area (Å²) in [6.45, 7) is 1.25. The number of hydrogen-bond acceptors (Lipinski definition) is 2. The molecule has 0 radical (unpaired) electrons. The quantitative estimate of drug-likeness (QED) is 0.768. The van der Waals surface area contributed by atoms with Crippen molar-refractivity contribution in [1.82, 2.24) is 15.5 Å². The summed E-state index contributed by atoms with van der Waals surface area (Å²) in [7, 11) is 0. The molecule has 4 amide bonds. The molecule has 1 atom stereocenters. The SMILES string of the molecule is O=C(NCC1CCCCN1C(=O)NC1CCCCC1)Nc1ccccc1. The van der Waals surface area contributed by atoms with Crippen molar-refractivity contribution in [1.29, 1.82) is 0 Å². The average molecular weight is 358 g/mol. The summed E-state index contributed by atoms with van der Waals surface area (Å²) < 4.78 is 0. The lowest BCUT2D eigenvalue weighted by atomic mass is 9.95. The highest BCUT2D eigenvalue weighted by Gasteiger charge is 2.28. The van der Waals surface area contributed by atoms with E-state index >= 15 is 0 Å². The fourth-order valence-corrected chi connectivity index (χ4v) is 3.89. The van der Waals surface area contributed by atoms with Crippen LogP contribution in [0.5, 0.6) is 0 Å². The Labute approximate surface area is 155 Å². The Bertz CT molecular complexity index is 587. The van der Waals surface area contributed by atoms with Gasteiger partial charge in [0.15, 0.2) is 0 Å². The second-order valence-corrected chi connectivity index (χ2v) is 7.33. The first-order valence-corrected chi connectivity index (χ1v) is 9.89. The Morgan fingerprint density at radius 1 is 0.962 bits per heavy atom.